The van der Waals surface area contributed by atoms with Crippen LogP contribution in [0.25, 0.3) is 0 Å². The zero-order valence-corrected chi connectivity index (χ0v) is 13.0. The fraction of sp³-hybridized carbons (Fsp3) is 0.214. The van der Waals surface area contributed by atoms with E-state index in [-0.39, 0.29) is 11.9 Å². The van der Waals surface area contributed by atoms with Crippen molar-refractivity contribution in [2.24, 2.45) is 0 Å². The van der Waals surface area contributed by atoms with E-state index in [4.69, 9.17) is 11.6 Å². The van der Waals surface area contributed by atoms with Crippen LogP contribution in [0.5, 0.6) is 0 Å². The summed E-state index contributed by atoms with van der Waals surface area (Å²) in [5.74, 6) is -0.206. The minimum Gasteiger partial charge on any atom is -0.348 e. The van der Waals surface area contributed by atoms with Crippen molar-refractivity contribution in [3.05, 3.63) is 40.4 Å². The number of aromatic nitrogens is 1. The summed E-state index contributed by atoms with van der Waals surface area (Å²) in [5, 5.41) is 10.6. The van der Waals surface area contributed by atoms with Gasteiger partial charge in [0.2, 0.25) is 0 Å². The minimum atomic E-state index is -0.439. The van der Waals surface area contributed by atoms with Crippen molar-refractivity contribution in [2.75, 3.05) is 10.6 Å². The maximum absolute atomic E-state index is 11.9. The molecule has 3 N–H and O–H groups in total. The summed E-state index contributed by atoms with van der Waals surface area (Å²) in [4.78, 5) is 27.8. The number of nitrogens with one attached hydrogen (secondary N) is 3. The summed E-state index contributed by atoms with van der Waals surface area (Å²) in [7, 11) is 0. The van der Waals surface area contributed by atoms with E-state index in [9.17, 15) is 9.59 Å². The highest BCUT2D eigenvalue weighted by molar-refractivity contribution is 7.14. The van der Waals surface area contributed by atoms with Crippen LogP contribution in [-0.4, -0.2) is 23.0 Å². The molecule has 2 aromatic rings. The summed E-state index contributed by atoms with van der Waals surface area (Å²) >= 11 is 7.04. The number of hydrogen-bond acceptors (Lipinski definition) is 4. The van der Waals surface area contributed by atoms with Gasteiger partial charge in [-0.15, -0.1) is 11.3 Å². The van der Waals surface area contributed by atoms with E-state index in [2.05, 4.69) is 20.9 Å². The molecule has 0 aliphatic heterocycles. The lowest BCUT2D eigenvalue weighted by molar-refractivity contribution is 0.0947. The van der Waals surface area contributed by atoms with Gasteiger partial charge in [0.05, 0.1) is 0 Å². The Kier molecular flexibility index (Phi) is 4.26. The zero-order chi connectivity index (χ0) is 15.5. The molecule has 0 bridgehead atoms. The molecule has 0 atom stereocenters. The quantitative estimate of drug-likeness (QED) is 0.800. The number of urea groups is 1. The van der Waals surface area contributed by atoms with Crippen molar-refractivity contribution in [1.29, 1.82) is 0 Å². The van der Waals surface area contributed by atoms with Crippen molar-refractivity contribution in [2.45, 2.75) is 18.9 Å². The molecule has 1 aromatic carbocycles. The van der Waals surface area contributed by atoms with Gasteiger partial charge in [-0.2, -0.15) is 0 Å². The van der Waals surface area contributed by atoms with Crippen molar-refractivity contribution >= 4 is 45.7 Å². The molecule has 114 valence electrons. The minimum absolute atomic E-state index is 0.206. The third-order valence-electron chi connectivity index (χ3n) is 2.95. The lowest BCUT2D eigenvalue weighted by Crippen LogP contribution is -2.25. The Bertz CT molecular complexity index is 714. The van der Waals surface area contributed by atoms with E-state index >= 15 is 0 Å². The molecule has 22 heavy (non-hydrogen) atoms. The standard InChI is InChI=1S/C14H13ClN4O2S/c15-8-2-1-3-10(6-8)17-13(21)19-14-18-11(7-22-14)12(20)16-9-4-5-9/h1-3,6-7,9H,4-5H2,(H,16,20)(H2,17,18,19,21). The van der Waals surface area contributed by atoms with Gasteiger partial charge in [-0.1, -0.05) is 17.7 Å². The topological polar surface area (TPSA) is 83.1 Å². The Balaban J connectivity index is 1.57. The summed E-state index contributed by atoms with van der Waals surface area (Å²) < 4.78 is 0. The molecule has 1 heterocycles. The highest BCUT2D eigenvalue weighted by Crippen LogP contribution is 2.21. The Morgan fingerprint density at radius 2 is 2.09 bits per heavy atom. The average Bonchev–Trinajstić information content (AvgIpc) is 3.15. The van der Waals surface area contributed by atoms with Crippen LogP contribution in [0, 0.1) is 0 Å². The van der Waals surface area contributed by atoms with Gasteiger partial charge in [-0.25, -0.2) is 9.78 Å². The average molecular weight is 337 g/mol. The number of benzene rings is 1. The first-order valence-corrected chi connectivity index (χ1v) is 7.96. The number of amides is 3. The Hall–Kier alpha value is -2.12. The lowest BCUT2D eigenvalue weighted by Gasteiger charge is -2.05. The molecule has 0 saturated heterocycles. The Morgan fingerprint density at radius 1 is 1.27 bits per heavy atom. The van der Waals surface area contributed by atoms with E-state index < -0.39 is 6.03 Å². The van der Waals surface area contributed by atoms with Gasteiger partial charge in [0, 0.05) is 22.1 Å². The third kappa shape index (κ3) is 3.96. The number of carbonyl (C=O) groups excluding carboxylic acids is 2. The molecule has 6 nitrogen and oxygen atoms in total. The van der Waals surface area contributed by atoms with E-state index in [0.717, 1.165) is 12.8 Å². The molecule has 3 amide bonds. The van der Waals surface area contributed by atoms with Gasteiger partial charge >= 0.3 is 6.03 Å². The van der Waals surface area contributed by atoms with Crippen LogP contribution in [0.4, 0.5) is 15.6 Å². The molecule has 1 aromatic heterocycles. The second kappa shape index (κ2) is 6.33. The Labute approximate surface area is 135 Å². The van der Waals surface area contributed by atoms with Crippen LogP contribution >= 0.6 is 22.9 Å². The molecule has 8 heteroatoms. The van der Waals surface area contributed by atoms with Gasteiger partial charge in [0.25, 0.3) is 5.91 Å². The van der Waals surface area contributed by atoms with Crippen molar-refractivity contribution in [3.8, 4) is 0 Å². The Morgan fingerprint density at radius 3 is 2.82 bits per heavy atom. The number of hydrogen-bond donors (Lipinski definition) is 3. The van der Waals surface area contributed by atoms with Gasteiger partial charge in [0.15, 0.2) is 5.13 Å². The van der Waals surface area contributed by atoms with Gasteiger partial charge < -0.3 is 10.6 Å². The van der Waals surface area contributed by atoms with Crippen LogP contribution in [0.2, 0.25) is 5.02 Å². The van der Waals surface area contributed by atoms with E-state index in [1.165, 1.54) is 11.3 Å². The smallest absolute Gasteiger partial charge is 0.325 e. The molecule has 1 aliphatic carbocycles. The summed E-state index contributed by atoms with van der Waals surface area (Å²) in [6.07, 6.45) is 2.03. The van der Waals surface area contributed by atoms with Crippen LogP contribution in [0.3, 0.4) is 0 Å². The fourth-order valence-electron chi connectivity index (χ4n) is 1.75. The number of thiazole rings is 1. The largest absolute Gasteiger partial charge is 0.348 e. The van der Waals surface area contributed by atoms with Gasteiger partial charge in [-0.05, 0) is 31.0 Å². The van der Waals surface area contributed by atoms with Crippen LogP contribution in [0.15, 0.2) is 29.6 Å². The van der Waals surface area contributed by atoms with Gasteiger partial charge in [0.1, 0.15) is 5.69 Å². The first kappa shape index (κ1) is 14.8. The van der Waals surface area contributed by atoms with Crippen molar-refractivity contribution in [1.82, 2.24) is 10.3 Å². The molecule has 1 aliphatic rings. The van der Waals surface area contributed by atoms with E-state index in [1.54, 1.807) is 29.6 Å². The predicted molar refractivity (Wildman–Crippen MR) is 86.7 cm³/mol. The zero-order valence-electron chi connectivity index (χ0n) is 11.4. The lowest BCUT2D eigenvalue weighted by atomic mass is 10.3. The normalized spacial score (nSPS) is 13.5. The molecule has 0 radical (unpaired) electrons. The van der Waals surface area contributed by atoms with Crippen molar-refractivity contribution < 1.29 is 9.59 Å². The molecule has 0 spiro atoms. The number of carbonyl (C=O) groups is 2. The predicted octanol–water partition coefficient (Wildman–Crippen LogP) is 3.33. The second-order valence-corrected chi connectivity index (χ2v) is 6.17. The number of anilines is 2. The van der Waals surface area contributed by atoms with Crippen LogP contribution in [-0.2, 0) is 0 Å². The molecule has 0 unspecified atom stereocenters. The maximum atomic E-state index is 11.9. The van der Waals surface area contributed by atoms with Gasteiger partial charge in [-0.3, -0.25) is 10.1 Å². The number of halogens is 1. The molecular weight excluding hydrogens is 324 g/mol. The number of rotatable bonds is 4. The highest BCUT2D eigenvalue weighted by atomic mass is 35.5. The highest BCUT2D eigenvalue weighted by Gasteiger charge is 2.24. The van der Waals surface area contributed by atoms with Crippen LogP contribution < -0.4 is 16.0 Å². The second-order valence-electron chi connectivity index (χ2n) is 4.88. The SMILES string of the molecule is O=C(Nc1cccc(Cl)c1)Nc1nc(C(=O)NC2CC2)cs1. The van der Waals surface area contributed by atoms with E-state index in [0.29, 0.717) is 21.5 Å². The fourth-order valence-corrected chi connectivity index (χ4v) is 2.62. The maximum Gasteiger partial charge on any atom is 0.325 e. The molecule has 1 fully saturated rings. The summed E-state index contributed by atoms with van der Waals surface area (Å²) in [5.41, 5.74) is 0.892. The number of nitrogens with zero attached hydrogens (tertiary/aromatic N) is 1. The van der Waals surface area contributed by atoms with Crippen molar-refractivity contribution in [3.63, 3.8) is 0 Å². The van der Waals surface area contributed by atoms with Crippen LogP contribution in [0.1, 0.15) is 23.3 Å². The van der Waals surface area contributed by atoms with E-state index in [1.807, 2.05) is 0 Å². The monoisotopic (exact) mass is 336 g/mol. The first-order valence-electron chi connectivity index (χ1n) is 6.70. The third-order valence-corrected chi connectivity index (χ3v) is 3.95. The summed E-state index contributed by atoms with van der Waals surface area (Å²) in [6.45, 7) is 0. The molecule has 3 rings (SSSR count). The molecular formula is C14H13ClN4O2S. The summed E-state index contributed by atoms with van der Waals surface area (Å²) in [6, 6.07) is 6.65. The first-order chi connectivity index (χ1) is 10.6. The molecule has 1 saturated carbocycles.